The summed E-state index contributed by atoms with van der Waals surface area (Å²) < 4.78 is 21.8. The van der Waals surface area contributed by atoms with Gasteiger partial charge in [0.2, 0.25) is 0 Å². The third kappa shape index (κ3) is 8.22. The lowest BCUT2D eigenvalue weighted by atomic mass is 10.3. The maximum atomic E-state index is 10.9. The van der Waals surface area contributed by atoms with Crippen LogP contribution in [0.15, 0.2) is 12.2 Å². The minimum atomic E-state index is -2.85. The summed E-state index contributed by atoms with van der Waals surface area (Å²) in [6.45, 7) is 5.93. The second kappa shape index (κ2) is 6.16. The average Bonchev–Trinajstić information content (AvgIpc) is 2.00. The molecular weight excluding hydrogens is 200 g/mol. The van der Waals surface area contributed by atoms with Crippen molar-refractivity contribution in [1.29, 1.82) is 0 Å². The van der Waals surface area contributed by atoms with Gasteiger partial charge in [0, 0.05) is 25.9 Å². The van der Waals surface area contributed by atoms with Crippen LogP contribution in [0, 0.1) is 0 Å². The molecule has 0 heterocycles. The van der Waals surface area contributed by atoms with Crippen molar-refractivity contribution >= 4 is 9.84 Å². The zero-order valence-electron chi connectivity index (χ0n) is 9.21. The predicted octanol–water partition coefficient (Wildman–Crippen LogP) is -0.262. The van der Waals surface area contributed by atoms with Gasteiger partial charge in [-0.25, -0.2) is 8.42 Å². The van der Waals surface area contributed by atoms with Crippen molar-refractivity contribution in [1.82, 2.24) is 10.2 Å². The van der Waals surface area contributed by atoms with E-state index >= 15 is 0 Å². The van der Waals surface area contributed by atoms with Crippen LogP contribution in [0.2, 0.25) is 0 Å². The molecule has 0 saturated carbocycles. The van der Waals surface area contributed by atoms with E-state index in [0.717, 1.165) is 18.7 Å². The molecule has 0 unspecified atom stereocenters. The SMILES string of the molecule is C=C(CNC)CN(C)CCS(C)(=O)=O. The molecule has 0 aromatic rings. The Bertz CT molecular complexity index is 273. The molecule has 0 bridgehead atoms. The molecule has 0 radical (unpaired) electrons. The van der Waals surface area contributed by atoms with E-state index in [0.29, 0.717) is 6.54 Å². The summed E-state index contributed by atoms with van der Waals surface area (Å²) in [5, 5.41) is 3.00. The number of rotatable bonds is 7. The minimum Gasteiger partial charge on any atom is -0.316 e. The number of nitrogens with one attached hydrogen (secondary N) is 1. The largest absolute Gasteiger partial charge is 0.316 e. The molecule has 0 aliphatic carbocycles. The fourth-order valence-corrected chi connectivity index (χ4v) is 1.73. The predicted molar refractivity (Wildman–Crippen MR) is 60.3 cm³/mol. The number of hydrogen-bond donors (Lipinski definition) is 1. The molecule has 0 saturated heterocycles. The third-order valence-electron chi connectivity index (χ3n) is 1.76. The van der Waals surface area contributed by atoms with Crippen molar-refractivity contribution < 1.29 is 8.42 Å². The summed E-state index contributed by atoms with van der Waals surface area (Å²) in [5.41, 5.74) is 1.06. The lowest BCUT2D eigenvalue weighted by molar-refractivity contribution is 0.380. The topological polar surface area (TPSA) is 49.4 Å². The van der Waals surface area contributed by atoms with Gasteiger partial charge in [-0.05, 0) is 19.7 Å². The maximum Gasteiger partial charge on any atom is 0.148 e. The molecule has 4 nitrogen and oxygen atoms in total. The van der Waals surface area contributed by atoms with E-state index in [9.17, 15) is 8.42 Å². The highest BCUT2D eigenvalue weighted by Gasteiger charge is 2.05. The Hall–Kier alpha value is -0.390. The molecule has 0 aliphatic heterocycles. The highest BCUT2D eigenvalue weighted by Crippen LogP contribution is 1.94. The van der Waals surface area contributed by atoms with Gasteiger partial charge in [0.15, 0.2) is 0 Å². The lowest BCUT2D eigenvalue weighted by Crippen LogP contribution is -2.29. The molecular formula is C9H20N2O2S. The molecule has 84 valence electrons. The fourth-order valence-electron chi connectivity index (χ4n) is 1.09. The summed E-state index contributed by atoms with van der Waals surface area (Å²) in [6, 6.07) is 0. The first-order chi connectivity index (χ1) is 6.35. The van der Waals surface area contributed by atoms with Crippen molar-refractivity contribution in [3.05, 3.63) is 12.2 Å². The summed E-state index contributed by atoms with van der Waals surface area (Å²) >= 11 is 0. The van der Waals surface area contributed by atoms with E-state index in [4.69, 9.17) is 0 Å². The van der Waals surface area contributed by atoms with E-state index in [1.165, 1.54) is 6.26 Å². The molecule has 5 heteroatoms. The van der Waals surface area contributed by atoms with Crippen LogP contribution in [0.25, 0.3) is 0 Å². The highest BCUT2D eigenvalue weighted by molar-refractivity contribution is 7.90. The second-order valence-electron chi connectivity index (χ2n) is 3.65. The Labute approximate surface area is 86.9 Å². The molecule has 14 heavy (non-hydrogen) atoms. The molecule has 0 atom stereocenters. The molecule has 0 fully saturated rings. The monoisotopic (exact) mass is 220 g/mol. The van der Waals surface area contributed by atoms with Gasteiger partial charge in [0.25, 0.3) is 0 Å². The van der Waals surface area contributed by atoms with Crippen molar-refractivity contribution in [2.75, 3.05) is 45.7 Å². The summed E-state index contributed by atoms with van der Waals surface area (Å²) in [4.78, 5) is 1.96. The van der Waals surface area contributed by atoms with Gasteiger partial charge in [-0.2, -0.15) is 0 Å². The van der Waals surface area contributed by atoms with Crippen molar-refractivity contribution in [3.8, 4) is 0 Å². The highest BCUT2D eigenvalue weighted by atomic mass is 32.2. The molecule has 0 aromatic carbocycles. The number of nitrogens with zero attached hydrogens (tertiary/aromatic N) is 1. The van der Waals surface area contributed by atoms with Crippen molar-refractivity contribution in [2.45, 2.75) is 0 Å². The molecule has 0 aromatic heterocycles. The molecule has 1 N–H and O–H groups in total. The van der Waals surface area contributed by atoms with Gasteiger partial charge < -0.3 is 10.2 Å². The van der Waals surface area contributed by atoms with Crippen molar-refractivity contribution in [2.24, 2.45) is 0 Å². The molecule has 0 rings (SSSR count). The van der Waals surface area contributed by atoms with E-state index in [1.54, 1.807) is 0 Å². The van der Waals surface area contributed by atoms with Crippen LogP contribution in [0.5, 0.6) is 0 Å². The quantitative estimate of drug-likeness (QED) is 0.601. The summed E-state index contributed by atoms with van der Waals surface area (Å²) in [5.74, 6) is 0.205. The van der Waals surface area contributed by atoms with Crippen LogP contribution < -0.4 is 5.32 Å². The van der Waals surface area contributed by atoms with Crippen LogP contribution in [0.1, 0.15) is 0 Å². The van der Waals surface area contributed by atoms with Crippen LogP contribution >= 0.6 is 0 Å². The Balaban J connectivity index is 3.76. The first kappa shape index (κ1) is 13.6. The third-order valence-corrected chi connectivity index (χ3v) is 2.69. The Kier molecular flexibility index (Phi) is 5.99. The second-order valence-corrected chi connectivity index (χ2v) is 5.91. The smallest absolute Gasteiger partial charge is 0.148 e. The van der Waals surface area contributed by atoms with Crippen molar-refractivity contribution in [3.63, 3.8) is 0 Å². The zero-order chi connectivity index (χ0) is 11.2. The van der Waals surface area contributed by atoms with Crippen LogP contribution in [-0.4, -0.2) is 59.1 Å². The lowest BCUT2D eigenvalue weighted by Gasteiger charge is -2.17. The van der Waals surface area contributed by atoms with Crippen LogP contribution in [0.3, 0.4) is 0 Å². The number of hydrogen-bond acceptors (Lipinski definition) is 4. The van der Waals surface area contributed by atoms with E-state index in [-0.39, 0.29) is 5.75 Å². The van der Waals surface area contributed by atoms with E-state index in [1.807, 2.05) is 19.0 Å². The summed E-state index contributed by atoms with van der Waals surface area (Å²) in [7, 11) is 0.903. The molecule has 0 spiro atoms. The van der Waals surface area contributed by atoms with Gasteiger partial charge in [0.1, 0.15) is 9.84 Å². The Morgan fingerprint density at radius 2 is 2.07 bits per heavy atom. The van der Waals surface area contributed by atoms with Gasteiger partial charge in [0.05, 0.1) is 5.75 Å². The zero-order valence-corrected chi connectivity index (χ0v) is 10.0. The van der Waals surface area contributed by atoms with Crippen LogP contribution in [0.4, 0.5) is 0 Å². The molecule has 0 aliphatic rings. The average molecular weight is 220 g/mol. The van der Waals surface area contributed by atoms with E-state index in [2.05, 4.69) is 11.9 Å². The number of likely N-dealkylation sites (N-methyl/N-ethyl adjacent to an activating group) is 2. The summed E-state index contributed by atoms with van der Waals surface area (Å²) in [6.07, 6.45) is 1.25. The van der Waals surface area contributed by atoms with Gasteiger partial charge in [-0.1, -0.05) is 6.58 Å². The van der Waals surface area contributed by atoms with Gasteiger partial charge in [-0.3, -0.25) is 0 Å². The van der Waals surface area contributed by atoms with Gasteiger partial charge >= 0.3 is 0 Å². The first-order valence-electron chi connectivity index (χ1n) is 4.52. The maximum absolute atomic E-state index is 10.9. The number of sulfone groups is 1. The minimum absolute atomic E-state index is 0.205. The van der Waals surface area contributed by atoms with E-state index < -0.39 is 9.84 Å². The van der Waals surface area contributed by atoms with Crippen LogP contribution in [-0.2, 0) is 9.84 Å². The Morgan fingerprint density at radius 3 is 2.50 bits per heavy atom. The first-order valence-corrected chi connectivity index (χ1v) is 6.58. The Morgan fingerprint density at radius 1 is 1.50 bits per heavy atom. The fraction of sp³-hybridized carbons (Fsp3) is 0.778. The molecule has 0 amide bonds. The standard InChI is InChI=1S/C9H20N2O2S/c1-9(7-10-2)8-11(3)5-6-14(4,12)13/h10H,1,5-8H2,2-4H3. The van der Waals surface area contributed by atoms with Gasteiger partial charge in [-0.15, -0.1) is 0 Å². The normalized spacial score (nSPS) is 12.0.